The van der Waals surface area contributed by atoms with E-state index in [1.807, 2.05) is 24.3 Å². The Labute approximate surface area is 315 Å². The second-order valence-corrected chi connectivity index (χ2v) is 18.0. The van der Waals surface area contributed by atoms with E-state index in [1.54, 1.807) is 59.2 Å². The third-order valence-corrected chi connectivity index (χ3v) is 13.9. The summed E-state index contributed by atoms with van der Waals surface area (Å²) in [7, 11) is 0. The second-order valence-electron chi connectivity index (χ2n) is 13.7. The number of carbonyl (C=O) groups excluding carboxylic acids is 2. The first kappa shape index (κ1) is 35.9. The lowest BCUT2D eigenvalue weighted by atomic mass is 9.95. The van der Waals surface area contributed by atoms with E-state index in [4.69, 9.17) is 9.97 Å². The SMILES string of the molecule is CC(=O)Nc1sc2c(c1-c1nc3ccccc3s1)C(C)CCN(C(C)C)C2.CC(=O)Nc1sc2c(c1-c1nc3ccccc3s1)C(C)CCNC2. The number of hydrogen-bond acceptors (Lipinski definition) is 10. The average Bonchev–Trinajstić information content (AvgIpc) is 3.82. The van der Waals surface area contributed by atoms with Gasteiger partial charge in [-0.1, -0.05) is 38.1 Å². The molecule has 2 aromatic carbocycles. The van der Waals surface area contributed by atoms with Crippen LogP contribution in [0, 0.1) is 0 Å². The van der Waals surface area contributed by atoms with Gasteiger partial charge in [0, 0.05) is 53.9 Å². The van der Waals surface area contributed by atoms with Gasteiger partial charge in [0.1, 0.15) is 20.0 Å². The van der Waals surface area contributed by atoms with E-state index in [0.29, 0.717) is 17.9 Å². The molecule has 266 valence electrons. The van der Waals surface area contributed by atoms with E-state index >= 15 is 0 Å². The van der Waals surface area contributed by atoms with Crippen molar-refractivity contribution in [3.05, 3.63) is 69.4 Å². The van der Waals surface area contributed by atoms with Crippen LogP contribution in [0.3, 0.4) is 0 Å². The van der Waals surface area contributed by atoms with Gasteiger partial charge in [0.2, 0.25) is 11.8 Å². The van der Waals surface area contributed by atoms with E-state index in [2.05, 4.69) is 72.8 Å². The van der Waals surface area contributed by atoms with Crippen molar-refractivity contribution in [3.8, 4) is 21.1 Å². The summed E-state index contributed by atoms with van der Waals surface area (Å²) in [5, 5.41) is 13.5. The van der Waals surface area contributed by atoms with Gasteiger partial charge in [0.15, 0.2) is 0 Å². The largest absolute Gasteiger partial charge is 0.317 e. The maximum absolute atomic E-state index is 11.9. The Morgan fingerprint density at radius 1 is 0.765 bits per heavy atom. The predicted molar refractivity (Wildman–Crippen MR) is 218 cm³/mol. The van der Waals surface area contributed by atoms with Crippen LogP contribution in [0.25, 0.3) is 41.6 Å². The van der Waals surface area contributed by atoms with Crippen LogP contribution < -0.4 is 16.0 Å². The summed E-state index contributed by atoms with van der Waals surface area (Å²) >= 11 is 6.83. The van der Waals surface area contributed by atoms with Crippen LogP contribution in [0.2, 0.25) is 0 Å². The number of carbonyl (C=O) groups is 2. The third-order valence-electron chi connectivity index (χ3n) is 9.59. The minimum absolute atomic E-state index is 0.0258. The molecule has 2 aliphatic heterocycles. The van der Waals surface area contributed by atoms with Crippen LogP contribution in [-0.2, 0) is 22.7 Å². The smallest absolute Gasteiger partial charge is 0.221 e. The summed E-state index contributed by atoms with van der Waals surface area (Å²) < 4.78 is 2.37. The molecule has 8 nitrogen and oxygen atoms in total. The highest BCUT2D eigenvalue weighted by Gasteiger charge is 2.31. The lowest BCUT2D eigenvalue weighted by Crippen LogP contribution is -2.30. The van der Waals surface area contributed by atoms with Crippen molar-refractivity contribution in [2.24, 2.45) is 0 Å². The highest BCUT2D eigenvalue weighted by Crippen LogP contribution is 2.50. The van der Waals surface area contributed by atoms with E-state index < -0.39 is 0 Å². The van der Waals surface area contributed by atoms with Crippen molar-refractivity contribution in [2.75, 3.05) is 23.7 Å². The molecule has 0 bridgehead atoms. The predicted octanol–water partition coefficient (Wildman–Crippen LogP) is 10.3. The van der Waals surface area contributed by atoms with Gasteiger partial charge in [-0.3, -0.25) is 14.5 Å². The quantitative estimate of drug-likeness (QED) is 0.162. The number of rotatable bonds is 5. The summed E-state index contributed by atoms with van der Waals surface area (Å²) in [6, 6.07) is 17.0. The zero-order valence-electron chi connectivity index (χ0n) is 29.9. The van der Waals surface area contributed by atoms with Crippen molar-refractivity contribution in [1.29, 1.82) is 0 Å². The molecular formula is C39H44N6O2S4. The summed E-state index contributed by atoms with van der Waals surface area (Å²) in [6.45, 7) is 16.2. The molecule has 0 saturated carbocycles. The van der Waals surface area contributed by atoms with Crippen molar-refractivity contribution >= 4 is 87.6 Å². The number of aromatic nitrogens is 2. The van der Waals surface area contributed by atoms with Gasteiger partial charge >= 0.3 is 0 Å². The Bertz CT molecular complexity index is 2150. The number of anilines is 2. The molecule has 2 unspecified atom stereocenters. The van der Waals surface area contributed by atoms with Gasteiger partial charge in [-0.2, -0.15) is 0 Å². The van der Waals surface area contributed by atoms with Crippen LogP contribution >= 0.6 is 45.3 Å². The molecule has 2 atom stereocenters. The molecule has 2 amide bonds. The molecule has 51 heavy (non-hydrogen) atoms. The van der Waals surface area contributed by atoms with E-state index in [1.165, 1.54) is 30.3 Å². The molecule has 0 aliphatic carbocycles. The van der Waals surface area contributed by atoms with Crippen LogP contribution in [-0.4, -0.2) is 45.8 Å². The first-order valence-corrected chi connectivity index (χ1v) is 20.9. The number of fused-ring (bicyclic) bond motifs is 4. The molecule has 2 aliphatic rings. The standard InChI is InChI=1S/C21H25N3OS2.C18H19N3OS2/c1-12(2)24-10-9-13(3)18-17(11-24)27-20(22-14(4)25)19(18)21-23-15-7-5-6-8-16(15)26-21;1-10-7-8-19-9-14-15(10)16(17(24-14)20-11(2)22)18-21-12-5-3-4-6-13(12)23-18/h5-8,12-13H,9-11H2,1-4H3,(H,22,25);3-6,10,19H,7-9H2,1-2H3,(H,20,22). The topological polar surface area (TPSA) is 99.2 Å². The summed E-state index contributed by atoms with van der Waals surface area (Å²) in [6.07, 6.45) is 2.22. The van der Waals surface area contributed by atoms with Crippen molar-refractivity contribution in [1.82, 2.24) is 20.2 Å². The Kier molecular flexibility index (Phi) is 10.7. The maximum atomic E-state index is 11.9. The first-order valence-electron chi connectivity index (χ1n) is 17.6. The first-order chi connectivity index (χ1) is 24.6. The molecule has 6 heterocycles. The van der Waals surface area contributed by atoms with Gasteiger partial charge < -0.3 is 16.0 Å². The van der Waals surface area contributed by atoms with Gasteiger partial charge in [0.05, 0.1) is 20.4 Å². The molecular weight excluding hydrogens is 713 g/mol. The monoisotopic (exact) mass is 756 g/mol. The Morgan fingerprint density at radius 3 is 1.80 bits per heavy atom. The number of nitrogens with one attached hydrogen (secondary N) is 3. The summed E-state index contributed by atoms with van der Waals surface area (Å²) in [5.41, 5.74) is 7.05. The minimum Gasteiger partial charge on any atom is -0.317 e. The van der Waals surface area contributed by atoms with Gasteiger partial charge in [-0.15, -0.1) is 45.3 Å². The third kappa shape index (κ3) is 7.53. The normalized spacial score (nSPS) is 17.7. The summed E-state index contributed by atoms with van der Waals surface area (Å²) in [4.78, 5) is 38.5. The summed E-state index contributed by atoms with van der Waals surface area (Å²) in [5.74, 6) is 0.844. The van der Waals surface area contributed by atoms with Crippen LogP contribution in [0.4, 0.5) is 10.0 Å². The average molecular weight is 757 g/mol. The van der Waals surface area contributed by atoms with E-state index in [9.17, 15) is 9.59 Å². The van der Waals surface area contributed by atoms with E-state index in [-0.39, 0.29) is 11.8 Å². The molecule has 0 spiro atoms. The fourth-order valence-corrected chi connectivity index (χ4v) is 11.9. The van der Waals surface area contributed by atoms with Crippen molar-refractivity contribution in [3.63, 3.8) is 0 Å². The molecule has 0 fully saturated rings. The highest BCUT2D eigenvalue weighted by atomic mass is 32.1. The Hall–Kier alpha value is -3.52. The number of benzene rings is 2. The fraction of sp³-hybridized carbons (Fsp3) is 0.385. The number of amides is 2. The van der Waals surface area contributed by atoms with Crippen molar-refractivity contribution < 1.29 is 9.59 Å². The van der Waals surface area contributed by atoms with Crippen LogP contribution in [0.5, 0.6) is 0 Å². The molecule has 6 aromatic rings. The minimum atomic E-state index is -0.0330. The van der Waals surface area contributed by atoms with Gasteiger partial charge in [0.25, 0.3) is 0 Å². The highest BCUT2D eigenvalue weighted by molar-refractivity contribution is 7.23. The Morgan fingerprint density at radius 2 is 1.27 bits per heavy atom. The lowest BCUT2D eigenvalue weighted by molar-refractivity contribution is -0.115. The number of thiazole rings is 2. The second kappa shape index (κ2) is 15.2. The number of hydrogen-bond donors (Lipinski definition) is 3. The molecule has 4 aromatic heterocycles. The number of para-hydroxylation sites is 2. The molecule has 0 saturated heterocycles. The number of nitrogens with zero attached hydrogens (tertiary/aromatic N) is 3. The van der Waals surface area contributed by atoms with Gasteiger partial charge in [-0.05, 0) is 87.0 Å². The van der Waals surface area contributed by atoms with Crippen LogP contribution in [0.15, 0.2) is 48.5 Å². The zero-order chi connectivity index (χ0) is 35.8. The molecule has 12 heteroatoms. The van der Waals surface area contributed by atoms with Crippen LogP contribution in [0.1, 0.15) is 87.1 Å². The Balaban J connectivity index is 0.000000160. The van der Waals surface area contributed by atoms with Crippen molar-refractivity contribution in [2.45, 2.75) is 85.4 Å². The number of thiophene rings is 2. The molecule has 3 N–H and O–H groups in total. The molecule has 8 rings (SSSR count). The maximum Gasteiger partial charge on any atom is 0.221 e. The van der Waals surface area contributed by atoms with Gasteiger partial charge in [-0.25, -0.2) is 9.97 Å². The zero-order valence-corrected chi connectivity index (χ0v) is 33.2. The fourth-order valence-electron chi connectivity index (χ4n) is 7.02. The molecule has 0 radical (unpaired) electrons. The lowest BCUT2D eigenvalue weighted by Gasteiger charge is -2.24. The van der Waals surface area contributed by atoms with E-state index in [0.717, 1.165) is 81.2 Å².